The first-order chi connectivity index (χ1) is 12.6. The van der Waals surface area contributed by atoms with E-state index in [1.54, 1.807) is 26.0 Å². The molecular weight excluding hydrogens is 353 g/mol. The lowest BCUT2D eigenvalue weighted by atomic mass is 9.92. The van der Waals surface area contributed by atoms with E-state index >= 15 is 0 Å². The van der Waals surface area contributed by atoms with Crippen LogP contribution in [0.1, 0.15) is 50.8 Å². The molecule has 2 aromatic carbocycles. The van der Waals surface area contributed by atoms with E-state index in [1.165, 1.54) is 6.07 Å². The number of nitrogens with one attached hydrogen (secondary N) is 1. The molecule has 0 aliphatic carbocycles. The van der Waals surface area contributed by atoms with E-state index in [2.05, 4.69) is 12.3 Å². The largest absolute Gasteiger partial charge is 0.409 e. The summed E-state index contributed by atoms with van der Waals surface area (Å²) in [7, 11) is 0. The molecule has 27 heavy (non-hydrogen) atoms. The average Bonchev–Trinajstić information content (AvgIpc) is 2.84. The van der Waals surface area contributed by atoms with Crippen LogP contribution >= 0.6 is 0 Å². The minimum absolute atomic E-state index is 0.000973. The third-order valence-corrected chi connectivity index (χ3v) is 5.14. The summed E-state index contributed by atoms with van der Waals surface area (Å²) in [5.74, 6) is -0.390. The number of rotatable bonds is 5. The highest BCUT2D eigenvalue weighted by Crippen LogP contribution is 2.42. The fourth-order valence-electron chi connectivity index (χ4n) is 3.63. The zero-order valence-electron chi connectivity index (χ0n) is 15.9. The molecule has 1 amide bonds. The van der Waals surface area contributed by atoms with E-state index in [1.807, 2.05) is 18.2 Å². The van der Waals surface area contributed by atoms with Gasteiger partial charge in [0.15, 0.2) is 6.04 Å². The lowest BCUT2D eigenvalue weighted by Gasteiger charge is -2.30. The van der Waals surface area contributed by atoms with Gasteiger partial charge in [-0.05, 0) is 48.6 Å². The average molecular weight is 378 g/mol. The van der Waals surface area contributed by atoms with E-state index in [4.69, 9.17) is 0 Å². The molecule has 6 heteroatoms. The van der Waals surface area contributed by atoms with Crippen molar-refractivity contribution in [3.63, 3.8) is 0 Å². The van der Waals surface area contributed by atoms with Crippen molar-refractivity contribution in [3.8, 4) is 0 Å². The van der Waals surface area contributed by atoms with Gasteiger partial charge in [-0.25, -0.2) is 5.01 Å². The molecule has 1 fully saturated rings. The van der Waals surface area contributed by atoms with Crippen molar-refractivity contribution in [1.82, 2.24) is 10.4 Å². The first kappa shape index (κ1) is 19.7. The smallest absolute Gasteiger partial charge is 0.287 e. The molecular formula is C21H25F3N2O. The second kappa shape index (κ2) is 7.15. The van der Waals surface area contributed by atoms with Gasteiger partial charge >= 0.3 is 6.18 Å². The van der Waals surface area contributed by atoms with Gasteiger partial charge in [0.1, 0.15) is 0 Å². The molecule has 1 atom stereocenters. The first-order valence-corrected chi connectivity index (χ1v) is 9.29. The maximum absolute atomic E-state index is 14.0. The van der Waals surface area contributed by atoms with Crippen LogP contribution in [0.5, 0.6) is 0 Å². The normalized spacial score (nSPS) is 18.7. The quantitative estimate of drug-likeness (QED) is 0.780. The van der Waals surface area contributed by atoms with Gasteiger partial charge < -0.3 is 0 Å². The summed E-state index contributed by atoms with van der Waals surface area (Å²) in [6.07, 6.45) is -1.48. The number of carbonyl (C=O) groups is 1. The van der Waals surface area contributed by atoms with E-state index in [9.17, 15) is 18.0 Å². The summed E-state index contributed by atoms with van der Waals surface area (Å²) in [6.45, 7) is 5.41. The van der Waals surface area contributed by atoms with Crippen molar-refractivity contribution in [2.24, 2.45) is 5.41 Å². The number of hydrogen-bond acceptors (Lipinski definition) is 2. The second-order valence-corrected chi connectivity index (χ2v) is 7.90. The Kier molecular flexibility index (Phi) is 5.21. The molecule has 0 saturated carbocycles. The molecule has 2 aromatic rings. The highest BCUT2D eigenvalue weighted by molar-refractivity contribution is 5.87. The zero-order valence-corrected chi connectivity index (χ0v) is 15.9. The molecule has 1 aliphatic heterocycles. The molecule has 1 N–H and O–H groups in total. The third-order valence-electron chi connectivity index (χ3n) is 5.14. The molecule has 0 unspecified atom stereocenters. The highest BCUT2D eigenvalue weighted by Gasteiger charge is 2.51. The lowest BCUT2D eigenvalue weighted by molar-refractivity contribution is -0.191. The maximum atomic E-state index is 14.0. The minimum atomic E-state index is -4.51. The lowest BCUT2D eigenvalue weighted by Crippen LogP contribution is -2.43. The number of benzene rings is 2. The number of unbranched alkanes of at least 4 members (excludes halogenated alkanes) is 1. The summed E-state index contributed by atoms with van der Waals surface area (Å²) in [6, 6.07) is 8.77. The fraction of sp³-hybridized carbons (Fsp3) is 0.476. The second-order valence-electron chi connectivity index (χ2n) is 7.90. The maximum Gasteiger partial charge on any atom is 0.409 e. The monoisotopic (exact) mass is 378 g/mol. The van der Waals surface area contributed by atoms with Crippen LogP contribution in [0.3, 0.4) is 0 Å². The molecule has 0 bridgehead atoms. The minimum Gasteiger partial charge on any atom is -0.287 e. The number of aryl methyl sites for hydroxylation is 1. The van der Waals surface area contributed by atoms with Crippen molar-refractivity contribution in [3.05, 3.63) is 47.5 Å². The molecule has 3 nitrogen and oxygen atoms in total. The summed E-state index contributed by atoms with van der Waals surface area (Å²) in [5, 5.41) is 2.39. The van der Waals surface area contributed by atoms with Gasteiger partial charge in [0.2, 0.25) is 5.91 Å². The van der Waals surface area contributed by atoms with Crippen LogP contribution < -0.4 is 5.43 Å². The molecule has 0 radical (unpaired) electrons. The van der Waals surface area contributed by atoms with Crippen LogP contribution in [-0.4, -0.2) is 23.6 Å². The van der Waals surface area contributed by atoms with Crippen molar-refractivity contribution >= 4 is 16.7 Å². The van der Waals surface area contributed by atoms with E-state index in [-0.39, 0.29) is 18.0 Å². The van der Waals surface area contributed by atoms with Crippen LogP contribution in [0.4, 0.5) is 13.2 Å². The van der Waals surface area contributed by atoms with Crippen LogP contribution in [0.2, 0.25) is 0 Å². The Morgan fingerprint density at radius 1 is 1.22 bits per heavy atom. The van der Waals surface area contributed by atoms with E-state index in [0.29, 0.717) is 5.39 Å². The van der Waals surface area contributed by atoms with Crippen molar-refractivity contribution in [2.45, 2.75) is 52.3 Å². The molecule has 1 heterocycles. The molecule has 0 spiro atoms. The van der Waals surface area contributed by atoms with Crippen LogP contribution in [0, 0.1) is 5.41 Å². The van der Waals surface area contributed by atoms with Gasteiger partial charge in [-0.2, -0.15) is 13.2 Å². The Morgan fingerprint density at radius 3 is 2.56 bits per heavy atom. The van der Waals surface area contributed by atoms with Crippen LogP contribution in [0.25, 0.3) is 10.8 Å². The van der Waals surface area contributed by atoms with Crippen molar-refractivity contribution in [2.75, 3.05) is 6.54 Å². The SMILES string of the molecule is CCCCc1ccc2c([C@H](N3CC(C)(C)C(=O)N3)C(F)(F)F)cccc2c1. The Labute approximate surface area is 157 Å². The van der Waals surface area contributed by atoms with Gasteiger partial charge in [-0.3, -0.25) is 10.2 Å². The van der Waals surface area contributed by atoms with E-state index in [0.717, 1.165) is 35.2 Å². The summed E-state index contributed by atoms with van der Waals surface area (Å²) in [5.41, 5.74) is 2.86. The summed E-state index contributed by atoms with van der Waals surface area (Å²) < 4.78 is 42.1. The van der Waals surface area contributed by atoms with Crippen LogP contribution in [0.15, 0.2) is 36.4 Å². The summed E-state index contributed by atoms with van der Waals surface area (Å²) >= 11 is 0. The third kappa shape index (κ3) is 3.95. The molecule has 1 aliphatic rings. The number of hydrazine groups is 1. The Morgan fingerprint density at radius 2 is 1.96 bits per heavy atom. The topological polar surface area (TPSA) is 32.3 Å². The molecule has 146 valence electrons. The number of carbonyl (C=O) groups excluding carboxylic acids is 1. The number of alkyl halides is 3. The molecule has 3 rings (SSSR count). The van der Waals surface area contributed by atoms with Gasteiger partial charge in [-0.15, -0.1) is 0 Å². The zero-order chi connectivity index (χ0) is 19.8. The molecule has 1 saturated heterocycles. The Bertz CT molecular complexity index is 845. The van der Waals surface area contributed by atoms with E-state index < -0.39 is 17.6 Å². The Balaban J connectivity index is 2.05. The predicted octanol–water partition coefficient (Wildman–Crippen LogP) is 5.16. The van der Waals surface area contributed by atoms with Gasteiger partial charge in [0.25, 0.3) is 0 Å². The number of hydrogen-bond donors (Lipinski definition) is 1. The summed E-state index contributed by atoms with van der Waals surface area (Å²) in [4.78, 5) is 12.1. The Hall–Kier alpha value is -2.08. The number of amides is 1. The molecule has 0 aromatic heterocycles. The fourth-order valence-corrected chi connectivity index (χ4v) is 3.63. The highest BCUT2D eigenvalue weighted by atomic mass is 19.4. The number of halogens is 3. The van der Waals surface area contributed by atoms with Gasteiger partial charge in [0, 0.05) is 6.54 Å². The van der Waals surface area contributed by atoms with Crippen molar-refractivity contribution in [1.29, 1.82) is 0 Å². The number of fused-ring (bicyclic) bond motifs is 1. The van der Waals surface area contributed by atoms with Crippen molar-refractivity contribution < 1.29 is 18.0 Å². The standard InChI is InChI=1S/C21H25F3N2O/c1-4-5-7-14-10-11-16-15(12-14)8-6-9-17(16)18(21(22,23)24)26-13-20(2,3)19(27)25-26/h6,8-12,18H,4-5,7,13H2,1-3H3,(H,25,27)/t18-/m0/s1. The van der Waals surface area contributed by atoms with Crippen LogP contribution in [-0.2, 0) is 11.2 Å². The predicted molar refractivity (Wildman–Crippen MR) is 100.0 cm³/mol. The van der Waals surface area contributed by atoms with Gasteiger partial charge in [0.05, 0.1) is 5.41 Å². The van der Waals surface area contributed by atoms with Gasteiger partial charge in [-0.1, -0.05) is 49.7 Å². The first-order valence-electron chi connectivity index (χ1n) is 9.29. The number of nitrogens with zero attached hydrogens (tertiary/aromatic N) is 1.